The molecule has 1 aliphatic heterocycles. The van der Waals surface area contributed by atoms with Crippen molar-refractivity contribution in [1.82, 2.24) is 4.98 Å². The van der Waals surface area contributed by atoms with Crippen LogP contribution in [0, 0.1) is 0 Å². The number of aromatic nitrogens is 1. The maximum Gasteiger partial charge on any atom is 0.129 e. The average Bonchev–Trinajstić information content (AvgIpc) is 2.86. The molecule has 0 atom stereocenters. The molecule has 0 spiro atoms. The maximum absolute atomic E-state index is 6.04. The first kappa shape index (κ1) is 12.0. The molecule has 5 heteroatoms. The van der Waals surface area contributed by atoms with Gasteiger partial charge in [0, 0.05) is 30.7 Å². The Hall–Kier alpha value is -1.10. The van der Waals surface area contributed by atoms with Gasteiger partial charge in [0.05, 0.1) is 5.02 Å². The second-order valence-electron chi connectivity index (χ2n) is 4.38. The SMILES string of the molecule is NCc1cc(N2CCc3sccc3C2)ncc1Cl. The van der Waals surface area contributed by atoms with E-state index in [1.807, 2.05) is 17.4 Å². The van der Waals surface area contributed by atoms with Crippen molar-refractivity contribution in [2.75, 3.05) is 11.4 Å². The van der Waals surface area contributed by atoms with Crippen LogP contribution in [0.4, 0.5) is 5.82 Å². The zero-order chi connectivity index (χ0) is 12.5. The van der Waals surface area contributed by atoms with Gasteiger partial charge in [-0.25, -0.2) is 4.98 Å². The van der Waals surface area contributed by atoms with Gasteiger partial charge in [0.15, 0.2) is 0 Å². The number of nitrogens with zero attached hydrogens (tertiary/aromatic N) is 2. The third-order valence-electron chi connectivity index (χ3n) is 3.27. The summed E-state index contributed by atoms with van der Waals surface area (Å²) in [6.45, 7) is 2.38. The molecule has 0 amide bonds. The smallest absolute Gasteiger partial charge is 0.129 e. The minimum absolute atomic E-state index is 0.450. The lowest BCUT2D eigenvalue weighted by Gasteiger charge is -2.28. The van der Waals surface area contributed by atoms with Crippen molar-refractivity contribution >= 4 is 28.8 Å². The fourth-order valence-electron chi connectivity index (χ4n) is 2.24. The Morgan fingerprint density at radius 1 is 1.50 bits per heavy atom. The van der Waals surface area contributed by atoms with Crippen LogP contribution in [-0.2, 0) is 19.5 Å². The molecule has 0 saturated heterocycles. The van der Waals surface area contributed by atoms with E-state index in [1.54, 1.807) is 6.20 Å². The third-order valence-corrected chi connectivity index (χ3v) is 4.64. The van der Waals surface area contributed by atoms with Gasteiger partial charge < -0.3 is 10.6 Å². The van der Waals surface area contributed by atoms with E-state index >= 15 is 0 Å². The summed E-state index contributed by atoms with van der Waals surface area (Å²) in [5.41, 5.74) is 8.05. The summed E-state index contributed by atoms with van der Waals surface area (Å²) in [4.78, 5) is 8.19. The molecule has 0 bridgehead atoms. The number of fused-ring (bicyclic) bond motifs is 1. The summed E-state index contributed by atoms with van der Waals surface area (Å²) in [7, 11) is 0. The number of nitrogens with two attached hydrogens (primary N) is 1. The second kappa shape index (κ2) is 4.88. The van der Waals surface area contributed by atoms with E-state index in [4.69, 9.17) is 17.3 Å². The first-order chi connectivity index (χ1) is 8.78. The van der Waals surface area contributed by atoms with Crippen molar-refractivity contribution in [3.05, 3.63) is 44.7 Å². The van der Waals surface area contributed by atoms with Gasteiger partial charge in [0.1, 0.15) is 5.82 Å². The molecular formula is C13H14ClN3S. The summed E-state index contributed by atoms with van der Waals surface area (Å²) in [5.74, 6) is 0.969. The number of anilines is 1. The first-order valence-electron chi connectivity index (χ1n) is 5.92. The molecule has 3 nitrogen and oxygen atoms in total. The van der Waals surface area contributed by atoms with Crippen LogP contribution in [0.5, 0.6) is 0 Å². The first-order valence-corrected chi connectivity index (χ1v) is 7.18. The Bertz CT molecular complexity index is 567. The molecular weight excluding hydrogens is 266 g/mol. The monoisotopic (exact) mass is 279 g/mol. The Balaban J connectivity index is 1.88. The van der Waals surface area contributed by atoms with Gasteiger partial charge in [-0.3, -0.25) is 0 Å². The summed E-state index contributed by atoms with van der Waals surface area (Å²) in [5, 5.41) is 2.81. The molecule has 2 aromatic rings. The molecule has 0 aromatic carbocycles. The predicted octanol–water partition coefficient (Wildman–Crippen LogP) is 2.82. The van der Waals surface area contributed by atoms with Crippen molar-refractivity contribution < 1.29 is 0 Å². The fraction of sp³-hybridized carbons (Fsp3) is 0.308. The molecule has 0 unspecified atom stereocenters. The Kier molecular flexibility index (Phi) is 3.24. The van der Waals surface area contributed by atoms with Gasteiger partial charge in [0.25, 0.3) is 0 Å². The number of rotatable bonds is 2. The maximum atomic E-state index is 6.04. The van der Waals surface area contributed by atoms with Crippen molar-refractivity contribution in [2.24, 2.45) is 5.73 Å². The number of halogens is 1. The Morgan fingerprint density at radius 2 is 2.39 bits per heavy atom. The van der Waals surface area contributed by atoms with Crippen LogP contribution in [0.1, 0.15) is 16.0 Å². The van der Waals surface area contributed by atoms with Crippen LogP contribution in [0.3, 0.4) is 0 Å². The zero-order valence-electron chi connectivity index (χ0n) is 9.90. The lowest BCUT2D eigenvalue weighted by molar-refractivity contribution is 0.731. The van der Waals surface area contributed by atoms with Crippen LogP contribution >= 0.6 is 22.9 Å². The molecule has 0 radical (unpaired) electrons. The summed E-state index contributed by atoms with van der Waals surface area (Å²) in [6, 6.07) is 4.20. The molecule has 2 aromatic heterocycles. The van der Waals surface area contributed by atoms with Gasteiger partial charge in [-0.1, -0.05) is 11.6 Å². The van der Waals surface area contributed by atoms with Gasteiger partial charge in [-0.15, -0.1) is 11.3 Å². The second-order valence-corrected chi connectivity index (χ2v) is 5.79. The van der Waals surface area contributed by atoms with E-state index in [9.17, 15) is 0 Å². The van der Waals surface area contributed by atoms with E-state index in [-0.39, 0.29) is 0 Å². The van der Waals surface area contributed by atoms with Gasteiger partial charge in [0.2, 0.25) is 0 Å². The lowest BCUT2D eigenvalue weighted by atomic mass is 10.1. The van der Waals surface area contributed by atoms with Crippen LogP contribution < -0.4 is 10.6 Å². The molecule has 18 heavy (non-hydrogen) atoms. The quantitative estimate of drug-likeness (QED) is 0.919. The van der Waals surface area contributed by atoms with Crippen LogP contribution in [-0.4, -0.2) is 11.5 Å². The molecule has 94 valence electrons. The number of pyridine rings is 1. The van der Waals surface area contributed by atoms with Crippen LogP contribution in [0.25, 0.3) is 0 Å². The third kappa shape index (κ3) is 2.11. The Morgan fingerprint density at radius 3 is 3.22 bits per heavy atom. The topological polar surface area (TPSA) is 42.1 Å². The van der Waals surface area contributed by atoms with Crippen LogP contribution in [0.15, 0.2) is 23.7 Å². The highest BCUT2D eigenvalue weighted by molar-refractivity contribution is 7.10. The van der Waals surface area contributed by atoms with Crippen LogP contribution in [0.2, 0.25) is 5.02 Å². The number of hydrogen-bond acceptors (Lipinski definition) is 4. The van der Waals surface area contributed by atoms with Crippen molar-refractivity contribution in [1.29, 1.82) is 0 Å². The van der Waals surface area contributed by atoms with Crippen molar-refractivity contribution in [2.45, 2.75) is 19.5 Å². The normalized spacial score (nSPS) is 14.7. The van der Waals surface area contributed by atoms with E-state index < -0.39 is 0 Å². The van der Waals surface area contributed by atoms with Gasteiger partial charge >= 0.3 is 0 Å². The molecule has 0 saturated carbocycles. The lowest BCUT2D eigenvalue weighted by Crippen LogP contribution is -2.30. The van der Waals surface area contributed by atoms with E-state index in [0.717, 1.165) is 30.9 Å². The molecule has 1 aliphatic rings. The molecule has 3 heterocycles. The zero-order valence-corrected chi connectivity index (χ0v) is 11.5. The number of thiophene rings is 1. The van der Waals surface area contributed by atoms with E-state index in [0.29, 0.717) is 11.6 Å². The van der Waals surface area contributed by atoms with Gasteiger partial charge in [-0.2, -0.15) is 0 Å². The molecule has 0 aliphatic carbocycles. The van der Waals surface area contributed by atoms with E-state index in [2.05, 4.69) is 21.3 Å². The summed E-state index contributed by atoms with van der Waals surface area (Å²) >= 11 is 7.88. The average molecular weight is 280 g/mol. The summed E-state index contributed by atoms with van der Waals surface area (Å²) < 4.78 is 0. The highest BCUT2D eigenvalue weighted by atomic mass is 35.5. The fourth-order valence-corrected chi connectivity index (χ4v) is 3.31. The Labute approximate surface area is 115 Å². The molecule has 3 rings (SSSR count). The van der Waals surface area contributed by atoms with Gasteiger partial charge in [-0.05, 0) is 35.1 Å². The highest BCUT2D eigenvalue weighted by Gasteiger charge is 2.18. The van der Waals surface area contributed by atoms with E-state index in [1.165, 1.54) is 10.4 Å². The number of hydrogen-bond donors (Lipinski definition) is 1. The molecule has 2 N–H and O–H groups in total. The molecule has 0 fully saturated rings. The highest BCUT2D eigenvalue weighted by Crippen LogP contribution is 2.28. The van der Waals surface area contributed by atoms with Crippen molar-refractivity contribution in [3.63, 3.8) is 0 Å². The minimum Gasteiger partial charge on any atom is -0.352 e. The van der Waals surface area contributed by atoms with Crippen molar-refractivity contribution in [3.8, 4) is 0 Å². The minimum atomic E-state index is 0.450. The standard InChI is InChI=1S/C13H14ClN3S/c14-11-7-16-13(5-10(11)6-15)17-3-1-12-9(8-17)2-4-18-12/h2,4-5,7H,1,3,6,8,15H2. The largest absolute Gasteiger partial charge is 0.352 e. The predicted molar refractivity (Wildman–Crippen MR) is 76.2 cm³/mol. The summed E-state index contributed by atoms with van der Waals surface area (Å²) in [6.07, 6.45) is 2.79.